The second-order valence-corrected chi connectivity index (χ2v) is 7.12. The zero-order chi connectivity index (χ0) is 20.1. The zero-order valence-electron chi connectivity index (χ0n) is 14.8. The van der Waals surface area contributed by atoms with Gasteiger partial charge >= 0.3 is 0 Å². The highest BCUT2D eigenvalue weighted by Crippen LogP contribution is 2.27. The van der Waals surface area contributed by atoms with Crippen molar-refractivity contribution in [3.63, 3.8) is 0 Å². The maximum absolute atomic E-state index is 12.3. The number of amides is 2. The molecule has 0 aliphatic carbocycles. The summed E-state index contributed by atoms with van der Waals surface area (Å²) in [5, 5.41) is 10.1. The lowest BCUT2D eigenvalue weighted by molar-refractivity contribution is -0.114. The predicted molar refractivity (Wildman–Crippen MR) is 111 cm³/mol. The lowest BCUT2D eigenvalue weighted by atomic mass is 10.2. The number of carbonyl (C=O) groups is 2. The number of benzene rings is 2. The molecule has 0 atom stereocenters. The first-order valence-electron chi connectivity index (χ1n) is 8.21. The average molecular weight is 464 g/mol. The lowest BCUT2D eigenvalue weighted by Gasteiger charge is -2.08. The Morgan fingerprint density at radius 3 is 2.43 bits per heavy atom. The zero-order valence-corrected chi connectivity index (χ0v) is 17.1. The highest BCUT2D eigenvalue weighted by atomic mass is 79.9. The van der Waals surface area contributed by atoms with Crippen molar-refractivity contribution in [1.82, 2.24) is 9.78 Å². The van der Waals surface area contributed by atoms with Crippen molar-refractivity contribution < 1.29 is 14.3 Å². The maximum Gasteiger partial charge on any atom is 0.276 e. The number of nitrogens with one attached hydrogen (secondary N) is 2. The van der Waals surface area contributed by atoms with E-state index in [1.165, 1.54) is 11.6 Å². The van der Waals surface area contributed by atoms with Crippen molar-refractivity contribution in [1.29, 1.82) is 0 Å². The van der Waals surface area contributed by atoms with Crippen LogP contribution >= 0.6 is 27.5 Å². The van der Waals surface area contributed by atoms with Crippen LogP contribution in [0, 0.1) is 0 Å². The Hall–Kier alpha value is -2.84. The van der Waals surface area contributed by atoms with E-state index in [2.05, 4.69) is 31.7 Å². The van der Waals surface area contributed by atoms with Gasteiger partial charge in [-0.25, -0.2) is 4.68 Å². The molecule has 0 spiro atoms. The fraction of sp³-hybridized carbons (Fsp3) is 0.105. The molecule has 28 heavy (non-hydrogen) atoms. The number of aromatic nitrogens is 2. The van der Waals surface area contributed by atoms with Crippen molar-refractivity contribution in [2.24, 2.45) is 0 Å². The summed E-state index contributed by atoms with van der Waals surface area (Å²) in [6.07, 6.45) is 1.64. The molecule has 3 aromatic rings. The van der Waals surface area contributed by atoms with Crippen LogP contribution in [0.2, 0.25) is 5.02 Å². The van der Waals surface area contributed by atoms with E-state index in [-0.39, 0.29) is 24.2 Å². The Labute approximate surface area is 174 Å². The van der Waals surface area contributed by atoms with E-state index >= 15 is 0 Å². The summed E-state index contributed by atoms with van der Waals surface area (Å²) in [5.74, 6) is 0.00676. The van der Waals surface area contributed by atoms with Gasteiger partial charge < -0.3 is 15.4 Å². The molecular formula is C19H16BrClN4O3. The highest BCUT2D eigenvalue weighted by molar-refractivity contribution is 9.10. The number of ether oxygens (including phenoxy) is 1. The van der Waals surface area contributed by atoms with E-state index in [4.69, 9.17) is 16.3 Å². The van der Waals surface area contributed by atoms with E-state index in [9.17, 15) is 9.59 Å². The van der Waals surface area contributed by atoms with E-state index in [1.54, 1.807) is 48.7 Å². The molecule has 0 aliphatic heterocycles. The average Bonchev–Trinajstić information content (AvgIpc) is 3.11. The Kier molecular flexibility index (Phi) is 6.33. The SMILES string of the molecule is CC(=O)Nc1ccc(NC(=O)c2ccn(COc3ccc(Br)cc3Cl)n2)cc1. The molecule has 7 nitrogen and oxygen atoms in total. The fourth-order valence-corrected chi connectivity index (χ4v) is 3.05. The van der Waals surface area contributed by atoms with Crippen LogP contribution < -0.4 is 15.4 Å². The number of nitrogens with zero attached hydrogens (tertiary/aromatic N) is 2. The number of rotatable bonds is 6. The predicted octanol–water partition coefficient (Wildman–Crippen LogP) is 4.55. The first-order chi connectivity index (χ1) is 13.4. The highest BCUT2D eigenvalue weighted by Gasteiger charge is 2.11. The maximum atomic E-state index is 12.3. The fourth-order valence-electron chi connectivity index (χ4n) is 2.32. The van der Waals surface area contributed by atoms with Crippen molar-refractivity contribution in [2.45, 2.75) is 13.7 Å². The number of carbonyl (C=O) groups excluding carboxylic acids is 2. The molecule has 0 unspecified atom stereocenters. The number of halogens is 2. The van der Waals surface area contributed by atoms with Gasteiger partial charge in [0.25, 0.3) is 5.91 Å². The Morgan fingerprint density at radius 1 is 1.11 bits per heavy atom. The summed E-state index contributed by atoms with van der Waals surface area (Å²) in [6.45, 7) is 1.54. The molecule has 144 valence electrons. The van der Waals surface area contributed by atoms with Gasteiger partial charge in [-0.05, 0) is 48.5 Å². The van der Waals surface area contributed by atoms with Crippen molar-refractivity contribution in [3.05, 3.63) is 69.9 Å². The number of hydrogen-bond donors (Lipinski definition) is 2. The first-order valence-corrected chi connectivity index (χ1v) is 9.38. The molecule has 9 heteroatoms. The normalized spacial score (nSPS) is 10.4. The largest absolute Gasteiger partial charge is 0.470 e. The van der Waals surface area contributed by atoms with E-state index in [0.717, 1.165) is 4.47 Å². The van der Waals surface area contributed by atoms with Gasteiger partial charge in [0.05, 0.1) is 5.02 Å². The molecule has 1 aromatic heterocycles. The van der Waals surface area contributed by atoms with Crippen LogP contribution in [0.25, 0.3) is 0 Å². The Bertz CT molecular complexity index is 1000. The monoisotopic (exact) mass is 462 g/mol. The van der Waals surface area contributed by atoms with Crippen LogP contribution in [0.4, 0.5) is 11.4 Å². The lowest BCUT2D eigenvalue weighted by Crippen LogP contribution is -2.14. The molecule has 0 saturated carbocycles. The van der Waals surface area contributed by atoms with Crippen molar-refractivity contribution >= 4 is 50.7 Å². The van der Waals surface area contributed by atoms with Gasteiger partial charge in [-0.15, -0.1) is 0 Å². The van der Waals surface area contributed by atoms with Gasteiger partial charge in [0, 0.05) is 29.0 Å². The van der Waals surface area contributed by atoms with E-state index in [0.29, 0.717) is 22.1 Å². The topological polar surface area (TPSA) is 85.2 Å². The molecular weight excluding hydrogens is 448 g/mol. The van der Waals surface area contributed by atoms with Crippen molar-refractivity contribution in [3.8, 4) is 5.75 Å². The number of hydrogen-bond acceptors (Lipinski definition) is 4. The van der Waals surface area contributed by atoms with Gasteiger partial charge in [0.15, 0.2) is 12.4 Å². The van der Waals surface area contributed by atoms with Crippen LogP contribution in [-0.4, -0.2) is 21.6 Å². The summed E-state index contributed by atoms with van der Waals surface area (Å²) in [7, 11) is 0. The molecule has 0 bridgehead atoms. The molecule has 0 saturated heterocycles. The smallest absolute Gasteiger partial charge is 0.276 e. The summed E-state index contributed by atoms with van der Waals surface area (Å²) >= 11 is 9.44. The molecule has 0 fully saturated rings. The molecule has 0 radical (unpaired) electrons. The third-order valence-electron chi connectivity index (χ3n) is 3.58. The molecule has 2 N–H and O–H groups in total. The van der Waals surface area contributed by atoms with Crippen LogP contribution in [0.15, 0.2) is 59.2 Å². The Morgan fingerprint density at radius 2 is 1.79 bits per heavy atom. The summed E-state index contributed by atoms with van der Waals surface area (Å²) in [5.41, 5.74) is 1.49. The van der Waals surface area contributed by atoms with Gasteiger partial charge in [-0.3, -0.25) is 9.59 Å². The minimum Gasteiger partial charge on any atom is -0.470 e. The molecule has 1 heterocycles. The Balaban J connectivity index is 1.58. The molecule has 0 aliphatic rings. The van der Waals surface area contributed by atoms with Gasteiger partial charge in [-0.1, -0.05) is 27.5 Å². The molecule has 2 amide bonds. The minimum atomic E-state index is -0.354. The quantitative estimate of drug-likeness (QED) is 0.562. The van der Waals surface area contributed by atoms with Crippen LogP contribution in [-0.2, 0) is 11.5 Å². The van der Waals surface area contributed by atoms with Gasteiger partial charge in [0.1, 0.15) is 5.75 Å². The first kappa shape index (κ1) is 19.9. The van der Waals surface area contributed by atoms with Crippen LogP contribution in [0.1, 0.15) is 17.4 Å². The third-order valence-corrected chi connectivity index (χ3v) is 4.37. The van der Waals surface area contributed by atoms with Crippen LogP contribution in [0.3, 0.4) is 0 Å². The minimum absolute atomic E-state index is 0.111. The second kappa shape index (κ2) is 8.90. The second-order valence-electron chi connectivity index (χ2n) is 5.80. The van der Waals surface area contributed by atoms with E-state index < -0.39 is 0 Å². The van der Waals surface area contributed by atoms with Crippen LogP contribution in [0.5, 0.6) is 5.75 Å². The van der Waals surface area contributed by atoms with Gasteiger partial charge in [0.2, 0.25) is 5.91 Å². The van der Waals surface area contributed by atoms with Gasteiger partial charge in [-0.2, -0.15) is 5.10 Å². The third kappa shape index (κ3) is 5.34. The molecule has 2 aromatic carbocycles. The number of anilines is 2. The molecule has 3 rings (SSSR count). The standard InChI is InChI=1S/C19H16BrClN4O3/c1-12(26)22-14-3-5-15(6-4-14)23-19(27)17-8-9-25(24-17)11-28-18-7-2-13(20)10-16(18)21/h2-10H,11H2,1H3,(H,22,26)(H,23,27). The van der Waals surface area contributed by atoms with Crippen molar-refractivity contribution in [2.75, 3.05) is 10.6 Å². The summed E-state index contributed by atoms with van der Waals surface area (Å²) < 4.78 is 7.96. The van der Waals surface area contributed by atoms with E-state index in [1.807, 2.05) is 6.07 Å². The summed E-state index contributed by atoms with van der Waals surface area (Å²) in [4.78, 5) is 23.4. The summed E-state index contributed by atoms with van der Waals surface area (Å²) in [6, 6.07) is 13.7.